The standard InChI is InChI=1S/C12H15N7S/c13-8-5-9(16-11(14)15-8)20-12-18-17-10(6-1-2-6)19(12)7-3-4-7/h5-7H,1-4H2,(H4,13,14,15,16). The van der Waals surface area contributed by atoms with Crippen LogP contribution in [0.3, 0.4) is 0 Å². The molecule has 2 heterocycles. The lowest BCUT2D eigenvalue weighted by Gasteiger charge is -2.08. The predicted molar refractivity (Wildman–Crippen MR) is 75.2 cm³/mol. The first kappa shape index (κ1) is 12.0. The molecule has 0 aromatic carbocycles. The molecule has 2 fully saturated rings. The maximum Gasteiger partial charge on any atom is 0.223 e. The fraction of sp³-hybridized carbons (Fsp3) is 0.500. The SMILES string of the molecule is Nc1cc(Sc2nnc(C3CC3)n2C2CC2)nc(N)n1. The summed E-state index contributed by atoms with van der Waals surface area (Å²) in [5.74, 6) is 2.29. The lowest BCUT2D eigenvalue weighted by Crippen LogP contribution is -2.03. The Balaban J connectivity index is 1.68. The van der Waals surface area contributed by atoms with Gasteiger partial charge >= 0.3 is 0 Å². The zero-order valence-corrected chi connectivity index (χ0v) is 11.7. The first-order valence-electron chi connectivity index (χ1n) is 6.73. The molecule has 0 amide bonds. The Morgan fingerprint density at radius 1 is 1.10 bits per heavy atom. The number of nitrogens with two attached hydrogens (primary N) is 2. The number of nitrogen functional groups attached to an aromatic ring is 2. The molecule has 0 radical (unpaired) electrons. The van der Waals surface area contributed by atoms with Crippen LogP contribution in [0.25, 0.3) is 0 Å². The molecule has 2 aromatic rings. The van der Waals surface area contributed by atoms with E-state index in [1.807, 2.05) is 0 Å². The smallest absolute Gasteiger partial charge is 0.223 e. The molecule has 2 aliphatic rings. The van der Waals surface area contributed by atoms with Crippen LogP contribution in [0.15, 0.2) is 16.2 Å². The number of rotatable bonds is 4. The van der Waals surface area contributed by atoms with Crippen molar-refractivity contribution in [3.05, 3.63) is 11.9 Å². The van der Waals surface area contributed by atoms with Crippen LogP contribution in [0.4, 0.5) is 11.8 Å². The lowest BCUT2D eigenvalue weighted by molar-refractivity contribution is 0.626. The summed E-state index contributed by atoms with van der Waals surface area (Å²) in [6.45, 7) is 0. The molecule has 2 aliphatic carbocycles. The van der Waals surface area contributed by atoms with Gasteiger partial charge in [-0.3, -0.25) is 0 Å². The normalized spacial score (nSPS) is 18.4. The van der Waals surface area contributed by atoms with Crippen LogP contribution in [0.1, 0.15) is 43.5 Å². The summed E-state index contributed by atoms with van der Waals surface area (Å²) < 4.78 is 2.27. The average molecular weight is 289 g/mol. The molecule has 0 bridgehead atoms. The predicted octanol–water partition coefficient (Wildman–Crippen LogP) is 1.60. The summed E-state index contributed by atoms with van der Waals surface area (Å²) in [6.07, 6.45) is 4.87. The Hall–Kier alpha value is -1.83. The largest absolute Gasteiger partial charge is 0.383 e. The van der Waals surface area contributed by atoms with Crippen LogP contribution >= 0.6 is 11.8 Å². The van der Waals surface area contributed by atoms with E-state index in [9.17, 15) is 0 Å². The highest BCUT2D eigenvalue weighted by molar-refractivity contribution is 7.99. The maximum absolute atomic E-state index is 5.70. The van der Waals surface area contributed by atoms with Gasteiger partial charge in [0.25, 0.3) is 0 Å². The summed E-state index contributed by atoms with van der Waals surface area (Å²) in [5, 5.41) is 10.3. The van der Waals surface area contributed by atoms with Gasteiger partial charge in [-0.1, -0.05) is 0 Å². The topological polar surface area (TPSA) is 109 Å². The molecule has 0 saturated heterocycles. The van der Waals surface area contributed by atoms with Crippen LogP contribution in [-0.4, -0.2) is 24.7 Å². The van der Waals surface area contributed by atoms with E-state index in [0.717, 1.165) is 11.0 Å². The van der Waals surface area contributed by atoms with Crippen LogP contribution in [0.5, 0.6) is 0 Å². The van der Waals surface area contributed by atoms with E-state index in [-0.39, 0.29) is 5.95 Å². The van der Waals surface area contributed by atoms with E-state index in [2.05, 4.69) is 24.7 Å². The molecule has 4 N–H and O–H groups in total. The van der Waals surface area contributed by atoms with Crippen molar-refractivity contribution in [2.45, 2.75) is 47.8 Å². The fourth-order valence-corrected chi connectivity index (χ4v) is 3.19. The van der Waals surface area contributed by atoms with Gasteiger partial charge in [-0.05, 0) is 37.4 Å². The zero-order chi connectivity index (χ0) is 13.7. The highest BCUT2D eigenvalue weighted by atomic mass is 32.2. The minimum absolute atomic E-state index is 0.187. The van der Waals surface area contributed by atoms with Gasteiger partial charge in [0.05, 0.1) is 0 Å². The molecule has 0 unspecified atom stereocenters. The number of anilines is 2. The van der Waals surface area contributed by atoms with Crippen LogP contribution < -0.4 is 11.5 Å². The molecule has 2 aromatic heterocycles. The molecule has 104 valence electrons. The molecular formula is C12H15N7S. The highest BCUT2D eigenvalue weighted by Crippen LogP contribution is 2.46. The third-order valence-corrected chi connectivity index (χ3v) is 4.36. The summed E-state index contributed by atoms with van der Waals surface area (Å²) in [4.78, 5) is 8.07. The van der Waals surface area contributed by atoms with E-state index in [1.54, 1.807) is 6.07 Å². The summed E-state index contributed by atoms with van der Waals surface area (Å²) in [5.41, 5.74) is 11.3. The second-order valence-electron chi connectivity index (χ2n) is 5.31. The van der Waals surface area contributed by atoms with Gasteiger partial charge < -0.3 is 16.0 Å². The fourth-order valence-electron chi connectivity index (χ4n) is 2.26. The Morgan fingerprint density at radius 2 is 1.90 bits per heavy atom. The lowest BCUT2D eigenvalue weighted by atomic mass is 10.4. The third-order valence-electron chi connectivity index (χ3n) is 3.48. The van der Waals surface area contributed by atoms with E-state index < -0.39 is 0 Å². The summed E-state index contributed by atoms with van der Waals surface area (Å²) in [7, 11) is 0. The van der Waals surface area contributed by atoms with Crippen molar-refractivity contribution in [1.82, 2.24) is 24.7 Å². The molecule has 0 spiro atoms. The van der Waals surface area contributed by atoms with Gasteiger partial charge in [-0.25, -0.2) is 4.98 Å². The van der Waals surface area contributed by atoms with Crippen molar-refractivity contribution in [3.8, 4) is 0 Å². The van der Waals surface area contributed by atoms with E-state index in [1.165, 1.54) is 37.4 Å². The molecule has 4 rings (SSSR count). The average Bonchev–Trinajstić information content (AvgIpc) is 3.28. The van der Waals surface area contributed by atoms with Crippen LogP contribution in [0.2, 0.25) is 0 Å². The Morgan fingerprint density at radius 3 is 2.55 bits per heavy atom. The third kappa shape index (κ3) is 2.20. The van der Waals surface area contributed by atoms with Crippen molar-refractivity contribution >= 4 is 23.5 Å². The first-order chi connectivity index (χ1) is 9.70. The molecule has 0 aliphatic heterocycles. The van der Waals surface area contributed by atoms with Gasteiger partial charge in [-0.2, -0.15) is 4.98 Å². The molecule has 7 nitrogen and oxygen atoms in total. The number of aromatic nitrogens is 5. The Bertz CT molecular complexity index is 640. The summed E-state index contributed by atoms with van der Waals surface area (Å²) in [6, 6.07) is 2.27. The zero-order valence-electron chi connectivity index (χ0n) is 10.9. The first-order valence-corrected chi connectivity index (χ1v) is 7.55. The molecule has 8 heteroatoms. The van der Waals surface area contributed by atoms with Gasteiger partial charge in [0, 0.05) is 18.0 Å². The highest BCUT2D eigenvalue weighted by Gasteiger charge is 2.36. The van der Waals surface area contributed by atoms with Crippen molar-refractivity contribution in [1.29, 1.82) is 0 Å². The minimum Gasteiger partial charge on any atom is -0.383 e. The maximum atomic E-state index is 5.70. The Labute approximate surface area is 120 Å². The van der Waals surface area contributed by atoms with Crippen molar-refractivity contribution in [2.24, 2.45) is 0 Å². The van der Waals surface area contributed by atoms with E-state index >= 15 is 0 Å². The van der Waals surface area contributed by atoms with Crippen LogP contribution in [0, 0.1) is 0 Å². The minimum atomic E-state index is 0.187. The summed E-state index contributed by atoms with van der Waals surface area (Å²) >= 11 is 1.46. The van der Waals surface area contributed by atoms with Gasteiger partial charge in [0.2, 0.25) is 5.95 Å². The van der Waals surface area contributed by atoms with Crippen molar-refractivity contribution < 1.29 is 0 Å². The Kier molecular flexibility index (Phi) is 2.59. The molecule has 20 heavy (non-hydrogen) atoms. The molecule has 0 atom stereocenters. The van der Waals surface area contributed by atoms with Gasteiger partial charge in [0.15, 0.2) is 5.16 Å². The quantitative estimate of drug-likeness (QED) is 0.823. The molecular weight excluding hydrogens is 274 g/mol. The van der Waals surface area contributed by atoms with Crippen LogP contribution in [-0.2, 0) is 0 Å². The number of hydrogen-bond donors (Lipinski definition) is 2. The number of hydrogen-bond acceptors (Lipinski definition) is 7. The molecule has 2 saturated carbocycles. The van der Waals surface area contributed by atoms with Gasteiger partial charge in [-0.15, -0.1) is 10.2 Å². The monoisotopic (exact) mass is 289 g/mol. The van der Waals surface area contributed by atoms with E-state index in [4.69, 9.17) is 11.5 Å². The second kappa shape index (κ2) is 4.34. The van der Waals surface area contributed by atoms with E-state index in [0.29, 0.717) is 22.8 Å². The van der Waals surface area contributed by atoms with Crippen molar-refractivity contribution in [3.63, 3.8) is 0 Å². The number of nitrogens with zero attached hydrogens (tertiary/aromatic N) is 5. The van der Waals surface area contributed by atoms with Gasteiger partial charge in [0.1, 0.15) is 16.7 Å². The van der Waals surface area contributed by atoms with Crippen molar-refractivity contribution in [2.75, 3.05) is 11.5 Å². The second-order valence-corrected chi connectivity index (χ2v) is 6.30.